The van der Waals surface area contributed by atoms with Crippen LogP contribution in [0, 0.1) is 6.92 Å². The second kappa shape index (κ2) is 8.45. The van der Waals surface area contributed by atoms with E-state index in [0.29, 0.717) is 5.41 Å². The summed E-state index contributed by atoms with van der Waals surface area (Å²) in [5.74, 6) is 0. The molecule has 1 aromatic rings. The average Bonchev–Trinajstić information content (AvgIpc) is 2.82. The maximum absolute atomic E-state index is 3.37. The standard InChI is InChI=1S/C18H33N/c1-5-7-9-11-13-18(4,12-10-8-6-2)17-14-16(3)19-15-17/h14-15,19H,5-13H2,1-4H3. The Kier molecular flexibility index (Phi) is 7.27. The number of unbranched alkanes of at least 4 members (excludes halogenated alkanes) is 5. The van der Waals surface area contributed by atoms with Crippen molar-refractivity contribution in [1.82, 2.24) is 4.98 Å². The molecule has 0 aliphatic carbocycles. The minimum atomic E-state index is 0.383. The van der Waals surface area contributed by atoms with Crippen LogP contribution in [0.25, 0.3) is 0 Å². The SMILES string of the molecule is CCCCCCC(C)(CCCCC)c1c[nH]c(C)c1. The molecule has 1 rings (SSSR count). The van der Waals surface area contributed by atoms with Crippen molar-refractivity contribution in [2.75, 3.05) is 0 Å². The fraction of sp³-hybridized carbons (Fsp3) is 0.778. The van der Waals surface area contributed by atoms with Gasteiger partial charge in [-0.2, -0.15) is 0 Å². The highest BCUT2D eigenvalue weighted by Crippen LogP contribution is 2.35. The lowest BCUT2D eigenvalue weighted by atomic mass is 9.75. The summed E-state index contributed by atoms with van der Waals surface area (Å²) in [6.45, 7) is 9.21. The molecule has 1 N–H and O–H groups in total. The van der Waals surface area contributed by atoms with Crippen molar-refractivity contribution in [2.45, 2.75) is 90.9 Å². The van der Waals surface area contributed by atoms with Gasteiger partial charge in [-0.15, -0.1) is 0 Å². The van der Waals surface area contributed by atoms with Gasteiger partial charge in [0.2, 0.25) is 0 Å². The Bertz CT molecular complexity index is 339. The van der Waals surface area contributed by atoms with Crippen molar-refractivity contribution in [3.8, 4) is 0 Å². The molecule has 0 saturated heterocycles. The lowest BCUT2D eigenvalue weighted by Gasteiger charge is -2.29. The number of aryl methyl sites for hydroxylation is 1. The molecular weight excluding hydrogens is 230 g/mol. The number of hydrogen-bond donors (Lipinski definition) is 1. The lowest BCUT2D eigenvalue weighted by Crippen LogP contribution is -2.21. The van der Waals surface area contributed by atoms with Gasteiger partial charge in [-0.3, -0.25) is 0 Å². The molecule has 0 aliphatic heterocycles. The molecule has 0 aromatic carbocycles. The number of hydrogen-bond acceptors (Lipinski definition) is 0. The van der Waals surface area contributed by atoms with Crippen molar-refractivity contribution in [1.29, 1.82) is 0 Å². The van der Waals surface area contributed by atoms with Crippen molar-refractivity contribution in [3.63, 3.8) is 0 Å². The van der Waals surface area contributed by atoms with Crippen LogP contribution in [0.4, 0.5) is 0 Å². The molecule has 0 bridgehead atoms. The first-order valence-corrected chi connectivity index (χ1v) is 8.28. The molecule has 1 nitrogen and oxygen atoms in total. The van der Waals surface area contributed by atoms with Gasteiger partial charge in [-0.25, -0.2) is 0 Å². The summed E-state index contributed by atoms with van der Waals surface area (Å²) < 4.78 is 0. The molecule has 0 saturated carbocycles. The second-order valence-corrected chi connectivity index (χ2v) is 6.40. The highest BCUT2D eigenvalue weighted by molar-refractivity contribution is 5.24. The third-order valence-electron chi connectivity index (χ3n) is 4.44. The molecule has 110 valence electrons. The van der Waals surface area contributed by atoms with E-state index in [0.717, 1.165) is 0 Å². The predicted octanol–water partition coefficient (Wildman–Crippen LogP) is 6.13. The van der Waals surface area contributed by atoms with E-state index in [1.807, 2.05) is 0 Å². The predicted molar refractivity (Wildman–Crippen MR) is 85.8 cm³/mol. The van der Waals surface area contributed by atoms with Crippen LogP contribution in [0.1, 0.15) is 89.8 Å². The van der Waals surface area contributed by atoms with Crippen molar-refractivity contribution in [3.05, 3.63) is 23.5 Å². The Morgan fingerprint density at radius 1 is 0.947 bits per heavy atom. The molecular formula is C18H33N. The molecule has 19 heavy (non-hydrogen) atoms. The summed E-state index contributed by atoms with van der Waals surface area (Å²) in [6, 6.07) is 2.35. The van der Waals surface area contributed by atoms with Crippen LogP contribution in [0.2, 0.25) is 0 Å². The zero-order valence-electron chi connectivity index (χ0n) is 13.5. The van der Waals surface area contributed by atoms with E-state index in [-0.39, 0.29) is 0 Å². The summed E-state index contributed by atoms with van der Waals surface area (Å²) in [5.41, 5.74) is 3.20. The van der Waals surface area contributed by atoms with Crippen LogP contribution in [0.15, 0.2) is 12.3 Å². The van der Waals surface area contributed by atoms with Gasteiger partial charge in [0.1, 0.15) is 0 Å². The van der Waals surface area contributed by atoms with E-state index in [1.165, 1.54) is 69.0 Å². The van der Waals surface area contributed by atoms with E-state index in [9.17, 15) is 0 Å². The van der Waals surface area contributed by atoms with Crippen LogP contribution < -0.4 is 0 Å². The van der Waals surface area contributed by atoms with Crippen LogP contribution in [0.5, 0.6) is 0 Å². The van der Waals surface area contributed by atoms with E-state index in [1.54, 1.807) is 0 Å². The third-order valence-corrected chi connectivity index (χ3v) is 4.44. The van der Waals surface area contributed by atoms with Crippen LogP contribution in [0.3, 0.4) is 0 Å². The summed E-state index contributed by atoms with van der Waals surface area (Å²) in [5, 5.41) is 0. The summed E-state index contributed by atoms with van der Waals surface area (Å²) >= 11 is 0. The van der Waals surface area contributed by atoms with Gasteiger partial charge >= 0.3 is 0 Å². The molecule has 0 radical (unpaired) electrons. The summed E-state index contributed by atoms with van der Waals surface area (Å²) in [6.07, 6.45) is 14.5. The first-order valence-electron chi connectivity index (χ1n) is 8.28. The maximum Gasteiger partial charge on any atom is 0.0118 e. The normalized spacial score (nSPS) is 14.5. The smallest absolute Gasteiger partial charge is 0.0118 e. The first kappa shape index (κ1) is 16.3. The minimum absolute atomic E-state index is 0.383. The van der Waals surface area contributed by atoms with Crippen LogP contribution in [-0.2, 0) is 5.41 Å². The number of aromatic amines is 1. The number of aromatic nitrogens is 1. The zero-order chi connectivity index (χ0) is 14.1. The number of rotatable bonds is 10. The van der Waals surface area contributed by atoms with Gasteiger partial charge in [-0.1, -0.05) is 65.7 Å². The molecule has 1 aromatic heterocycles. The number of H-pyrrole nitrogens is 1. The largest absolute Gasteiger partial charge is 0.365 e. The summed E-state index contributed by atoms with van der Waals surface area (Å²) in [7, 11) is 0. The Hall–Kier alpha value is -0.720. The molecule has 0 amide bonds. The Labute approximate surface area is 120 Å². The molecule has 0 aliphatic rings. The van der Waals surface area contributed by atoms with E-state index in [4.69, 9.17) is 0 Å². The van der Waals surface area contributed by atoms with E-state index in [2.05, 4.69) is 44.9 Å². The van der Waals surface area contributed by atoms with Crippen molar-refractivity contribution < 1.29 is 0 Å². The Morgan fingerprint density at radius 2 is 1.53 bits per heavy atom. The van der Waals surface area contributed by atoms with E-state index >= 15 is 0 Å². The summed E-state index contributed by atoms with van der Waals surface area (Å²) in [4.78, 5) is 3.37. The van der Waals surface area contributed by atoms with Gasteiger partial charge in [-0.05, 0) is 36.8 Å². The van der Waals surface area contributed by atoms with Gasteiger partial charge in [0, 0.05) is 11.9 Å². The molecule has 0 spiro atoms. The average molecular weight is 263 g/mol. The lowest BCUT2D eigenvalue weighted by molar-refractivity contribution is 0.366. The van der Waals surface area contributed by atoms with Gasteiger partial charge in [0.25, 0.3) is 0 Å². The van der Waals surface area contributed by atoms with Gasteiger partial charge in [0.05, 0.1) is 0 Å². The van der Waals surface area contributed by atoms with Gasteiger partial charge in [0.15, 0.2) is 0 Å². The topological polar surface area (TPSA) is 15.8 Å². The minimum Gasteiger partial charge on any atom is -0.365 e. The molecule has 1 unspecified atom stereocenters. The Balaban J connectivity index is 2.60. The van der Waals surface area contributed by atoms with Crippen LogP contribution >= 0.6 is 0 Å². The highest BCUT2D eigenvalue weighted by Gasteiger charge is 2.26. The number of nitrogens with one attached hydrogen (secondary N) is 1. The fourth-order valence-electron chi connectivity index (χ4n) is 2.98. The zero-order valence-corrected chi connectivity index (χ0v) is 13.5. The van der Waals surface area contributed by atoms with Crippen molar-refractivity contribution >= 4 is 0 Å². The van der Waals surface area contributed by atoms with Crippen molar-refractivity contribution in [2.24, 2.45) is 0 Å². The molecule has 1 heterocycles. The monoisotopic (exact) mass is 263 g/mol. The molecule has 1 heteroatoms. The highest BCUT2D eigenvalue weighted by atomic mass is 14.7. The quantitative estimate of drug-likeness (QED) is 0.489. The molecule has 1 atom stereocenters. The van der Waals surface area contributed by atoms with Crippen LogP contribution in [-0.4, -0.2) is 4.98 Å². The van der Waals surface area contributed by atoms with E-state index < -0.39 is 0 Å². The second-order valence-electron chi connectivity index (χ2n) is 6.40. The first-order chi connectivity index (χ1) is 9.12. The van der Waals surface area contributed by atoms with Gasteiger partial charge < -0.3 is 4.98 Å². The maximum atomic E-state index is 3.37. The molecule has 0 fully saturated rings. The third kappa shape index (κ3) is 5.42. The fourth-order valence-corrected chi connectivity index (χ4v) is 2.98. The Morgan fingerprint density at radius 3 is 2.05 bits per heavy atom.